The van der Waals surface area contributed by atoms with Crippen LogP contribution in [-0.2, 0) is 9.59 Å². The lowest BCUT2D eigenvalue weighted by Crippen LogP contribution is -2.30. The third-order valence-electron chi connectivity index (χ3n) is 6.45. The summed E-state index contributed by atoms with van der Waals surface area (Å²) in [5.41, 5.74) is 1.76. The van der Waals surface area contributed by atoms with Gasteiger partial charge in [-0.05, 0) is 78.7 Å². The number of anilines is 2. The number of methoxy groups -OCH3 is 1. The molecule has 3 amide bonds. The van der Waals surface area contributed by atoms with Gasteiger partial charge in [0, 0.05) is 21.8 Å². The van der Waals surface area contributed by atoms with E-state index in [1.165, 1.54) is 30.0 Å². The van der Waals surface area contributed by atoms with Gasteiger partial charge in [0.1, 0.15) is 11.4 Å². The standard InChI is InChI=1S/C34H30ClN3O6S/c1-3-30(33(41)37-24-14-17-28(35)27(20-24)34(42)43)45-26-11-7-10-23(19-26)36-32(40)29(18-21-12-15-25(44-2)16-13-21)38-31(39)22-8-5-4-6-9-22/h4-20,30H,3H2,1-2H3,(H,36,40)(H,37,41)(H,38,39)(H,42,43)/b29-18+. The summed E-state index contributed by atoms with van der Waals surface area (Å²) < 4.78 is 5.21. The zero-order chi connectivity index (χ0) is 32.3. The lowest BCUT2D eigenvalue weighted by molar-refractivity contribution is -0.116. The Morgan fingerprint density at radius 3 is 2.27 bits per heavy atom. The van der Waals surface area contributed by atoms with Crippen molar-refractivity contribution in [3.05, 3.63) is 124 Å². The molecule has 0 aliphatic heterocycles. The summed E-state index contributed by atoms with van der Waals surface area (Å²) in [4.78, 5) is 51.6. The van der Waals surface area contributed by atoms with E-state index in [9.17, 15) is 24.3 Å². The minimum absolute atomic E-state index is 0.0292. The SMILES string of the molecule is CCC(Sc1cccc(NC(=O)/C(=C\c2ccc(OC)cc2)NC(=O)c2ccccc2)c1)C(=O)Nc1ccc(Cl)c(C(=O)O)c1. The molecule has 1 unspecified atom stereocenters. The van der Waals surface area contributed by atoms with Gasteiger partial charge in [0.05, 0.1) is 22.9 Å². The molecule has 0 fully saturated rings. The van der Waals surface area contributed by atoms with Crippen LogP contribution in [0.25, 0.3) is 6.08 Å². The predicted molar refractivity (Wildman–Crippen MR) is 177 cm³/mol. The highest BCUT2D eigenvalue weighted by molar-refractivity contribution is 8.00. The largest absolute Gasteiger partial charge is 0.497 e. The molecule has 0 spiro atoms. The zero-order valence-corrected chi connectivity index (χ0v) is 25.9. The first-order valence-electron chi connectivity index (χ1n) is 13.8. The number of rotatable bonds is 12. The first-order valence-corrected chi connectivity index (χ1v) is 15.1. The number of halogens is 1. The molecular formula is C34H30ClN3O6S. The number of carboxylic acid groups (broad SMARTS) is 1. The number of carbonyl (C=O) groups excluding carboxylic acids is 3. The van der Waals surface area contributed by atoms with Gasteiger partial charge in [0.15, 0.2) is 0 Å². The molecule has 0 aliphatic carbocycles. The summed E-state index contributed by atoms with van der Waals surface area (Å²) in [6.07, 6.45) is 2.05. The lowest BCUT2D eigenvalue weighted by atomic mass is 10.1. The van der Waals surface area contributed by atoms with Crippen molar-refractivity contribution in [2.45, 2.75) is 23.5 Å². The quantitative estimate of drug-likeness (QED) is 0.0968. The summed E-state index contributed by atoms with van der Waals surface area (Å²) in [5.74, 6) is -1.85. The van der Waals surface area contributed by atoms with Crippen molar-refractivity contribution in [3.63, 3.8) is 0 Å². The number of carbonyl (C=O) groups is 4. The summed E-state index contributed by atoms with van der Waals surface area (Å²) in [5, 5.41) is 17.2. The van der Waals surface area contributed by atoms with Crippen LogP contribution in [0.2, 0.25) is 5.02 Å². The Hall–Kier alpha value is -5.06. The van der Waals surface area contributed by atoms with Crippen molar-refractivity contribution >= 4 is 64.5 Å². The van der Waals surface area contributed by atoms with Crippen LogP contribution >= 0.6 is 23.4 Å². The van der Waals surface area contributed by atoms with Crippen molar-refractivity contribution in [3.8, 4) is 5.75 Å². The fraction of sp³-hybridized carbons (Fsp3) is 0.118. The monoisotopic (exact) mass is 643 g/mol. The molecule has 0 heterocycles. The molecule has 4 aromatic carbocycles. The Balaban J connectivity index is 1.50. The number of hydrogen-bond donors (Lipinski definition) is 4. The van der Waals surface area contributed by atoms with E-state index < -0.39 is 23.0 Å². The second-order valence-electron chi connectivity index (χ2n) is 9.64. The van der Waals surface area contributed by atoms with E-state index in [0.717, 1.165) is 0 Å². The Labute approximate surface area is 269 Å². The highest BCUT2D eigenvalue weighted by Gasteiger charge is 2.20. The molecule has 0 saturated carbocycles. The smallest absolute Gasteiger partial charge is 0.337 e. The Morgan fingerprint density at radius 2 is 1.60 bits per heavy atom. The van der Waals surface area contributed by atoms with Crippen molar-refractivity contribution in [2.24, 2.45) is 0 Å². The number of benzene rings is 4. The van der Waals surface area contributed by atoms with Crippen LogP contribution in [0, 0.1) is 0 Å². The Bertz CT molecular complexity index is 1730. The molecule has 4 aromatic rings. The van der Waals surface area contributed by atoms with E-state index in [4.69, 9.17) is 16.3 Å². The number of carboxylic acids is 1. The van der Waals surface area contributed by atoms with Gasteiger partial charge >= 0.3 is 5.97 Å². The third-order valence-corrected chi connectivity index (χ3v) is 8.14. The van der Waals surface area contributed by atoms with Gasteiger partial charge in [-0.3, -0.25) is 14.4 Å². The summed E-state index contributed by atoms with van der Waals surface area (Å²) in [7, 11) is 1.56. The molecule has 45 heavy (non-hydrogen) atoms. The Kier molecular flexibility index (Phi) is 11.4. The van der Waals surface area contributed by atoms with E-state index in [1.54, 1.807) is 86.0 Å². The second-order valence-corrected chi connectivity index (χ2v) is 11.3. The van der Waals surface area contributed by atoms with Gasteiger partial charge in [-0.15, -0.1) is 11.8 Å². The van der Waals surface area contributed by atoms with Gasteiger partial charge in [-0.2, -0.15) is 0 Å². The number of thioether (sulfide) groups is 1. The normalized spacial score (nSPS) is 11.7. The molecule has 230 valence electrons. The van der Waals surface area contributed by atoms with Crippen molar-refractivity contribution in [1.29, 1.82) is 0 Å². The molecule has 0 aliphatic rings. The highest BCUT2D eigenvalue weighted by atomic mass is 35.5. The second kappa shape index (κ2) is 15.6. The average molecular weight is 644 g/mol. The molecule has 0 bridgehead atoms. The van der Waals surface area contributed by atoms with E-state index in [2.05, 4.69) is 16.0 Å². The van der Waals surface area contributed by atoms with Crippen LogP contribution in [0.3, 0.4) is 0 Å². The first kappa shape index (κ1) is 32.8. The predicted octanol–water partition coefficient (Wildman–Crippen LogP) is 6.97. The van der Waals surface area contributed by atoms with E-state index in [1.807, 2.05) is 13.0 Å². The van der Waals surface area contributed by atoms with Crippen LogP contribution in [0.1, 0.15) is 39.6 Å². The first-order chi connectivity index (χ1) is 21.7. The lowest BCUT2D eigenvalue weighted by Gasteiger charge is -2.16. The van der Waals surface area contributed by atoms with Gasteiger partial charge in [0.25, 0.3) is 11.8 Å². The maximum atomic E-state index is 13.5. The van der Waals surface area contributed by atoms with Crippen molar-refractivity contribution < 1.29 is 29.0 Å². The summed E-state index contributed by atoms with van der Waals surface area (Å²) in [6, 6.07) is 26.8. The highest BCUT2D eigenvalue weighted by Crippen LogP contribution is 2.29. The number of hydrogen-bond acceptors (Lipinski definition) is 6. The van der Waals surface area contributed by atoms with Crippen LogP contribution in [-0.4, -0.2) is 41.2 Å². The van der Waals surface area contributed by atoms with Gasteiger partial charge in [-0.1, -0.05) is 54.9 Å². The van der Waals surface area contributed by atoms with E-state index in [0.29, 0.717) is 39.6 Å². The molecule has 4 rings (SSSR count). The molecule has 0 radical (unpaired) electrons. The number of aromatic carboxylic acids is 1. The number of ether oxygens (including phenoxy) is 1. The minimum Gasteiger partial charge on any atom is -0.497 e. The van der Waals surface area contributed by atoms with Gasteiger partial charge < -0.3 is 25.8 Å². The van der Waals surface area contributed by atoms with Crippen LogP contribution in [0.5, 0.6) is 5.75 Å². The molecule has 1 atom stereocenters. The van der Waals surface area contributed by atoms with Gasteiger partial charge in [0.2, 0.25) is 5.91 Å². The number of amides is 3. The van der Waals surface area contributed by atoms with Crippen LogP contribution in [0.15, 0.2) is 108 Å². The zero-order valence-electron chi connectivity index (χ0n) is 24.4. The summed E-state index contributed by atoms with van der Waals surface area (Å²) >= 11 is 7.23. The molecule has 11 heteroatoms. The maximum Gasteiger partial charge on any atom is 0.337 e. The van der Waals surface area contributed by atoms with Gasteiger partial charge in [-0.25, -0.2) is 4.79 Å². The summed E-state index contributed by atoms with van der Waals surface area (Å²) in [6.45, 7) is 1.86. The Morgan fingerprint density at radius 1 is 0.889 bits per heavy atom. The van der Waals surface area contributed by atoms with Crippen LogP contribution in [0.4, 0.5) is 11.4 Å². The number of nitrogens with one attached hydrogen (secondary N) is 3. The average Bonchev–Trinajstić information content (AvgIpc) is 3.04. The van der Waals surface area contributed by atoms with Crippen molar-refractivity contribution in [2.75, 3.05) is 17.7 Å². The molecule has 4 N–H and O–H groups in total. The maximum absolute atomic E-state index is 13.5. The van der Waals surface area contributed by atoms with E-state index >= 15 is 0 Å². The minimum atomic E-state index is -1.20. The fourth-order valence-corrected chi connectivity index (χ4v) is 5.34. The van der Waals surface area contributed by atoms with Crippen LogP contribution < -0.4 is 20.7 Å². The van der Waals surface area contributed by atoms with Crippen molar-refractivity contribution in [1.82, 2.24) is 5.32 Å². The molecular weight excluding hydrogens is 614 g/mol. The topological polar surface area (TPSA) is 134 Å². The third kappa shape index (κ3) is 9.21. The fourth-order valence-electron chi connectivity index (χ4n) is 4.13. The molecule has 9 nitrogen and oxygen atoms in total. The molecule has 0 saturated heterocycles. The molecule has 0 aromatic heterocycles. The van der Waals surface area contributed by atoms with E-state index in [-0.39, 0.29) is 22.2 Å².